The second kappa shape index (κ2) is 6.51. The van der Waals surface area contributed by atoms with Gasteiger partial charge in [0.25, 0.3) is 5.91 Å². The zero-order valence-corrected chi connectivity index (χ0v) is 11.4. The predicted molar refractivity (Wildman–Crippen MR) is 69.2 cm³/mol. The summed E-state index contributed by atoms with van der Waals surface area (Å²) in [5.41, 5.74) is 0. The van der Waals surface area contributed by atoms with E-state index in [1.54, 1.807) is 0 Å². The summed E-state index contributed by atoms with van der Waals surface area (Å²) in [7, 11) is 1.24. The van der Waals surface area contributed by atoms with Crippen LogP contribution in [-0.2, 0) is 14.3 Å². The van der Waals surface area contributed by atoms with Gasteiger partial charge in [0, 0.05) is 13.0 Å². The highest BCUT2D eigenvalue weighted by Gasteiger charge is 2.37. The summed E-state index contributed by atoms with van der Waals surface area (Å²) in [5.74, 6) is -1.73. The molecule has 1 aliphatic heterocycles. The lowest BCUT2D eigenvalue weighted by molar-refractivity contribution is -0.146. The Kier molecular flexibility index (Phi) is 4.71. The van der Waals surface area contributed by atoms with Crippen LogP contribution < -0.4 is 5.32 Å². The third kappa shape index (κ3) is 3.67. The number of imide groups is 1. The topological polar surface area (TPSA) is 109 Å². The van der Waals surface area contributed by atoms with Crippen LogP contribution in [0.5, 0.6) is 0 Å². The van der Waals surface area contributed by atoms with Gasteiger partial charge in [0.1, 0.15) is 6.04 Å². The fourth-order valence-electron chi connectivity index (χ4n) is 2.26. The summed E-state index contributed by atoms with van der Waals surface area (Å²) in [6.07, 6.45) is 0.818. The van der Waals surface area contributed by atoms with Gasteiger partial charge in [-0.25, -0.2) is 0 Å². The number of aliphatic hydroxyl groups excluding tert-OH is 1. The molecular formula is C13H16N2O6. The Morgan fingerprint density at radius 1 is 1.52 bits per heavy atom. The van der Waals surface area contributed by atoms with Crippen molar-refractivity contribution in [3.05, 3.63) is 24.2 Å². The molecule has 0 aromatic carbocycles. The molecule has 2 heterocycles. The number of nitrogens with zero attached hydrogens (tertiary/aromatic N) is 1. The number of esters is 1. The molecule has 1 saturated heterocycles. The Morgan fingerprint density at radius 3 is 2.90 bits per heavy atom. The van der Waals surface area contributed by atoms with Gasteiger partial charge in [0.05, 0.1) is 26.0 Å². The van der Waals surface area contributed by atoms with Crippen molar-refractivity contribution in [3.63, 3.8) is 0 Å². The fourth-order valence-corrected chi connectivity index (χ4v) is 2.26. The van der Waals surface area contributed by atoms with E-state index in [2.05, 4.69) is 10.1 Å². The number of hydrogen-bond donors (Lipinski definition) is 2. The highest BCUT2D eigenvalue weighted by atomic mass is 16.5. The number of β-amino-alcohol motifs (C(OH)–C–C–N with tert-alkyl or cyclic N) is 1. The number of hydrogen-bond acceptors (Lipinski definition) is 7. The van der Waals surface area contributed by atoms with Crippen molar-refractivity contribution in [2.24, 2.45) is 0 Å². The molecule has 21 heavy (non-hydrogen) atoms. The van der Waals surface area contributed by atoms with E-state index in [0.29, 0.717) is 0 Å². The molecule has 1 aromatic rings. The molecule has 0 aliphatic carbocycles. The maximum atomic E-state index is 11.8. The minimum absolute atomic E-state index is 0.0225. The van der Waals surface area contributed by atoms with E-state index in [9.17, 15) is 19.5 Å². The van der Waals surface area contributed by atoms with Gasteiger partial charge in [-0.2, -0.15) is 0 Å². The summed E-state index contributed by atoms with van der Waals surface area (Å²) in [6.45, 7) is -0.0224. The number of methoxy groups -OCH3 is 1. The molecule has 2 unspecified atom stereocenters. The summed E-state index contributed by atoms with van der Waals surface area (Å²) < 4.78 is 9.50. The molecule has 0 radical (unpaired) electrons. The SMILES string of the molecule is COC(=O)C1CC(O)CN1CC(=O)NC(=O)c1ccco1. The Balaban J connectivity index is 1.92. The van der Waals surface area contributed by atoms with Gasteiger partial charge in [0.2, 0.25) is 5.91 Å². The average molecular weight is 296 g/mol. The van der Waals surface area contributed by atoms with Gasteiger partial charge in [0.15, 0.2) is 5.76 Å². The van der Waals surface area contributed by atoms with Crippen molar-refractivity contribution in [1.29, 1.82) is 0 Å². The van der Waals surface area contributed by atoms with Crippen molar-refractivity contribution >= 4 is 17.8 Å². The van der Waals surface area contributed by atoms with Crippen LogP contribution in [0.15, 0.2) is 22.8 Å². The maximum absolute atomic E-state index is 11.8. The lowest BCUT2D eigenvalue weighted by atomic mass is 10.2. The van der Waals surface area contributed by atoms with Gasteiger partial charge >= 0.3 is 5.97 Å². The summed E-state index contributed by atoms with van der Waals surface area (Å²) >= 11 is 0. The van der Waals surface area contributed by atoms with Crippen LogP contribution >= 0.6 is 0 Å². The van der Waals surface area contributed by atoms with Crippen LogP contribution in [0.2, 0.25) is 0 Å². The molecule has 8 heteroatoms. The van der Waals surface area contributed by atoms with E-state index >= 15 is 0 Å². The lowest BCUT2D eigenvalue weighted by Crippen LogP contribution is -2.44. The Morgan fingerprint density at radius 2 is 2.29 bits per heavy atom. The number of amides is 2. The standard InChI is InChI=1S/C13H16N2O6/c1-20-13(19)9-5-8(16)6-15(9)7-11(17)14-12(18)10-3-2-4-21-10/h2-4,8-9,16H,5-7H2,1H3,(H,14,17,18). The van der Waals surface area contributed by atoms with Crippen molar-refractivity contribution < 1.29 is 28.6 Å². The van der Waals surface area contributed by atoms with E-state index < -0.39 is 29.9 Å². The Hall–Kier alpha value is -2.19. The average Bonchev–Trinajstić information content (AvgIpc) is 3.07. The predicted octanol–water partition coefficient (Wildman–Crippen LogP) is -0.856. The molecule has 114 valence electrons. The summed E-state index contributed by atoms with van der Waals surface area (Å²) in [5, 5.41) is 11.8. The molecule has 1 aliphatic rings. The van der Waals surface area contributed by atoms with Crippen LogP contribution in [0.4, 0.5) is 0 Å². The Bertz CT molecular complexity index is 527. The Labute approximate surface area is 120 Å². The molecule has 2 N–H and O–H groups in total. The quantitative estimate of drug-likeness (QED) is 0.696. The van der Waals surface area contributed by atoms with Gasteiger partial charge in [-0.05, 0) is 12.1 Å². The first-order chi connectivity index (χ1) is 10.0. The molecule has 1 aromatic heterocycles. The van der Waals surface area contributed by atoms with Crippen molar-refractivity contribution in [1.82, 2.24) is 10.2 Å². The van der Waals surface area contributed by atoms with Gasteiger partial charge in [-0.3, -0.25) is 24.6 Å². The van der Waals surface area contributed by atoms with E-state index in [4.69, 9.17) is 4.42 Å². The normalized spacial score (nSPS) is 22.0. The zero-order valence-electron chi connectivity index (χ0n) is 11.4. The second-order valence-electron chi connectivity index (χ2n) is 4.71. The highest BCUT2D eigenvalue weighted by molar-refractivity contribution is 6.03. The number of aliphatic hydroxyl groups is 1. The van der Waals surface area contributed by atoms with E-state index in [-0.39, 0.29) is 25.3 Å². The van der Waals surface area contributed by atoms with Crippen LogP contribution in [0.1, 0.15) is 17.0 Å². The second-order valence-corrected chi connectivity index (χ2v) is 4.71. The van der Waals surface area contributed by atoms with Gasteiger partial charge in [-0.1, -0.05) is 0 Å². The fraction of sp³-hybridized carbons (Fsp3) is 0.462. The van der Waals surface area contributed by atoms with Crippen LogP contribution in [0.3, 0.4) is 0 Å². The smallest absolute Gasteiger partial charge is 0.323 e. The number of carbonyl (C=O) groups is 3. The third-order valence-corrected chi connectivity index (χ3v) is 3.20. The lowest BCUT2D eigenvalue weighted by Gasteiger charge is -2.20. The number of likely N-dealkylation sites (tertiary alicyclic amines) is 1. The van der Waals surface area contributed by atoms with Crippen LogP contribution in [-0.4, -0.2) is 60.1 Å². The summed E-state index contributed by atoms with van der Waals surface area (Å²) in [6, 6.07) is 2.28. The molecule has 0 bridgehead atoms. The number of carbonyl (C=O) groups excluding carboxylic acids is 3. The van der Waals surface area contributed by atoms with Crippen molar-refractivity contribution in [2.75, 3.05) is 20.2 Å². The van der Waals surface area contributed by atoms with Crippen LogP contribution in [0.25, 0.3) is 0 Å². The summed E-state index contributed by atoms with van der Waals surface area (Å²) in [4.78, 5) is 36.5. The maximum Gasteiger partial charge on any atom is 0.323 e. The van der Waals surface area contributed by atoms with E-state index in [0.717, 1.165) is 0 Å². The minimum Gasteiger partial charge on any atom is -0.468 e. The monoisotopic (exact) mass is 296 g/mol. The molecule has 2 atom stereocenters. The number of rotatable bonds is 4. The number of nitrogens with one attached hydrogen (secondary N) is 1. The highest BCUT2D eigenvalue weighted by Crippen LogP contribution is 2.18. The molecule has 8 nitrogen and oxygen atoms in total. The third-order valence-electron chi connectivity index (χ3n) is 3.20. The molecule has 2 amide bonds. The minimum atomic E-state index is -0.706. The number of furan rings is 1. The largest absolute Gasteiger partial charge is 0.468 e. The van der Waals surface area contributed by atoms with Gasteiger partial charge in [-0.15, -0.1) is 0 Å². The van der Waals surface area contributed by atoms with Gasteiger partial charge < -0.3 is 14.3 Å². The van der Waals surface area contributed by atoms with E-state index in [1.807, 2.05) is 0 Å². The first-order valence-electron chi connectivity index (χ1n) is 6.39. The molecule has 0 saturated carbocycles. The molecule has 0 spiro atoms. The zero-order chi connectivity index (χ0) is 15.4. The molecule has 2 rings (SSSR count). The first kappa shape index (κ1) is 15.2. The van der Waals surface area contributed by atoms with E-state index in [1.165, 1.54) is 30.4 Å². The van der Waals surface area contributed by atoms with Crippen molar-refractivity contribution in [2.45, 2.75) is 18.6 Å². The van der Waals surface area contributed by atoms with Crippen LogP contribution in [0, 0.1) is 0 Å². The molecular weight excluding hydrogens is 280 g/mol. The molecule has 1 fully saturated rings. The first-order valence-corrected chi connectivity index (χ1v) is 6.39. The number of ether oxygens (including phenoxy) is 1. The van der Waals surface area contributed by atoms with Crippen molar-refractivity contribution in [3.8, 4) is 0 Å².